The van der Waals surface area contributed by atoms with Gasteiger partial charge in [-0.3, -0.25) is 4.79 Å². The van der Waals surface area contributed by atoms with Gasteiger partial charge in [0.05, 0.1) is 5.39 Å². The van der Waals surface area contributed by atoms with Gasteiger partial charge in [-0.05, 0) is 24.3 Å². The van der Waals surface area contributed by atoms with Gasteiger partial charge in [0.25, 0.3) is 0 Å². The predicted molar refractivity (Wildman–Crippen MR) is 88.5 cm³/mol. The molecule has 0 atom stereocenters. The summed E-state index contributed by atoms with van der Waals surface area (Å²) in [5.74, 6) is 3.08. The van der Waals surface area contributed by atoms with E-state index in [1.54, 1.807) is 13.1 Å². The fraction of sp³-hybridized carbons (Fsp3) is 0.500. The van der Waals surface area contributed by atoms with E-state index in [0.29, 0.717) is 42.6 Å². The van der Waals surface area contributed by atoms with Crippen LogP contribution in [0.3, 0.4) is 0 Å². The lowest BCUT2D eigenvalue weighted by Gasteiger charge is -2.28. The van der Waals surface area contributed by atoms with Crippen molar-refractivity contribution in [2.24, 2.45) is 0 Å². The van der Waals surface area contributed by atoms with Crippen molar-refractivity contribution in [2.75, 3.05) is 0 Å². The molecular weight excluding hydrogens is 328 g/mol. The van der Waals surface area contributed by atoms with E-state index >= 15 is 0 Å². The molecule has 0 unspecified atom stereocenters. The molecule has 0 amide bonds. The average Bonchev–Trinajstić information content (AvgIpc) is 3.01. The van der Waals surface area contributed by atoms with E-state index in [4.69, 9.17) is 4.74 Å². The number of fused-ring (bicyclic) bond motifs is 1. The molecule has 0 radical (unpaired) electrons. The van der Waals surface area contributed by atoms with Gasteiger partial charge < -0.3 is 9.72 Å². The first kappa shape index (κ1) is 17.3. The summed E-state index contributed by atoms with van der Waals surface area (Å²) in [6.45, 7) is 1.76. The molecule has 0 aromatic carbocycles. The molecule has 0 bridgehead atoms. The van der Waals surface area contributed by atoms with E-state index in [9.17, 15) is 13.6 Å². The molecular formula is C18H19F2N3O2. The van der Waals surface area contributed by atoms with Crippen LogP contribution in [0.2, 0.25) is 0 Å². The molecule has 1 aliphatic rings. The number of ether oxygens (including phenoxy) is 1. The Bertz CT molecular complexity index is 826. The monoisotopic (exact) mass is 347 g/mol. The highest BCUT2D eigenvalue weighted by atomic mass is 19.3. The number of halogens is 2. The van der Waals surface area contributed by atoms with E-state index in [1.165, 1.54) is 6.33 Å². The third-order valence-electron chi connectivity index (χ3n) is 4.29. The van der Waals surface area contributed by atoms with E-state index in [-0.39, 0.29) is 24.7 Å². The Morgan fingerprint density at radius 3 is 2.88 bits per heavy atom. The minimum Gasteiger partial charge on any atom is -0.474 e. The predicted octanol–water partition coefficient (Wildman–Crippen LogP) is 3.44. The smallest absolute Gasteiger partial charge is 0.248 e. The Balaban J connectivity index is 1.79. The minimum atomic E-state index is -2.60. The Labute approximate surface area is 144 Å². The van der Waals surface area contributed by atoms with Crippen molar-refractivity contribution in [2.45, 2.75) is 57.5 Å². The molecule has 2 heterocycles. The number of ketones is 1. The van der Waals surface area contributed by atoms with Crippen LogP contribution in [-0.2, 0) is 11.2 Å². The van der Waals surface area contributed by atoms with Crippen LogP contribution in [0.5, 0.6) is 5.88 Å². The molecule has 0 saturated heterocycles. The van der Waals surface area contributed by atoms with Crippen LogP contribution in [-0.4, -0.2) is 32.8 Å². The number of nitrogens with one attached hydrogen (secondary N) is 1. The van der Waals surface area contributed by atoms with Gasteiger partial charge >= 0.3 is 0 Å². The van der Waals surface area contributed by atoms with E-state index < -0.39 is 5.92 Å². The fourth-order valence-corrected chi connectivity index (χ4v) is 2.84. The van der Waals surface area contributed by atoms with Gasteiger partial charge in [-0.2, -0.15) is 0 Å². The molecule has 1 fully saturated rings. The number of aromatic nitrogens is 3. The zero-order chi connectivity index (χ0) is 17.9. The normalized spacial score (nSPS) is 17.1. The fourth-order valence-electron chi connectivity index (χ4n) is 2.84. The van der Waals surface area contributed by atoms with Gasteiger partial charge in [0.2, 0.25) is 17.6 Å². The standard InChI is InChI=1S/C18H19F2N3O2/c1-2-13(24)5-3-4-12-10-21-16-15(12)17(23-11-22-16)25-14-6-8-18(19,20)9-7-14/h10-11,14H,2,4,6-9H2,1H3,(H,21,22,23). The first-order valence-corrected chi connectivity index (χ1v) is 8.35. The number of carbonyl (C=O) groups is 1. The van der Waals surface area contributed by atoms with Crippen molar-refractivity contribution in [1.29, 1.82) is 0 Å². The summed E-state index contributed by atoms with van der Waals surface area (Å²) in [6, 6.07) is 0. The van der Waals surface area contributed by atoms with Crippen LogP contribution < -0.4 is 4.74 Å². The first-order valence-electron chi connectivity index (χ1n) is 8.35. The number of Topliss-reactive ketones (excluding diaryl/α,β-unsaturated/α-hetero) is 1. The highest BCUT2D eigenvalue weighted by molar-refractivity contribution is 5.95. The van der Waals surface area contributed by atoms with Crippen molar-refractivity contribution >= 4 is 16.8 Å². The molecule has 7 heteroatoms. The Kier molecular flexibility index (Phi) is 4.98. The molecule has 0 spiro atoms. The van der Waals surface area contributed by atoms with Crippen LogP contribution in [0.15, 0.2) is 12.5 Å². The zero-order valence-electron chi connectivity index (χ0n) is 13.9. The van der Waals surface area contributed by atoms with Gasteiger partial charge in [0.1, 0.15) is 18.1 Å². The highest BCUT2D eigenvalue weighted by Gasteiger charge is 2.36. The number of aromatic amines is 1. The number of hydrogen-bond acceptors (Lipinski definition) is 4. The van der Waals surface area contributed by atoms with Gasteiger partial charge in [0, 0.05) is 31.9 Å². The van der Waals surface area contributed by atoms with E-state index in [1.807, 2.05) is 0 Å². The minimum absolute atomic E-state index is 0.115. The van der Waals surface area contributed by atoms with Crippen molar-refractivity contribution in [3.8, 4) is 17.7 Å². The number of rotatable bonds is 4. The molecule has 5 nitrogen and oxygen atoms in total. The average molecular weight is 347 g/mol. The molecule has 0 aliphatic heterocycles. The van der Waals surface area contributed by atoms with Gasteiger partial charge in [-0.15, -0.1) is 0 Å². The first-order chi connectivity index (χ1) is 12.0. The maximum absolute atomic E-state index is 13.3. The van der Waals surface area contributed by atoms with Crippen LogP contribution in [0.25, 0.3) is 11.0 Å². The SMILES string of the molecule is CCC(=O)C#CCc1c[nH]c2ncnc(OC3CCC(F)(F)CC3)c12. The Morgan fingerprint density at radius 2 is 2.16 bits per heavy atom. The Hall–Kier alpha value is -2.49. The van der Waals surface area contributed by atoms with Crippen molar-refractivity contribution in [3.63, 3.8) is 0 Å². The van der Waals surface area contributed by atoms with Crippen LogP contribution in [0.1, 0.15) is 44.6 Å². The number of carbonyl (C=O) groups excluding carboxylic acids is 1. The lowest BCUT2D eigenvalue weighted by Crippen LogP contribution is -2.31. The maximum Gasteiger partial charge on any atom is 0.248 e. The molecule has 3 rings (SSSR count). The lowest BCUT2D eigenvalue weighted by molar-refractivity contribution is -0.113. The molecule has 132 valence electrons. The maximum atomic E-state index is 13.3. The summed E-state index contributed by atoms with van der Waals surface area (Å²) in [5, 5.41) is 0.693. The second kappa shape index (κ2) is 7.18. The third kappa shape index (κ3) is 4.13. The largest absolute Gasteiger partial charge is 0.474 e. The summed E-state index contributed by atoms with van der Waals surface area (Å²) in [4.78, 5) is 22.7. The van der Waals surface area contributed by atoms with Gasteiger partial charge in [-0.1, -0.05) is 12.8 Å². The second-order valence-electron chi connectivity index (χ2n) is 6.14. The van der Waals surface area contributed by atoms with Crippen LogP contribution in [0, 0.1) is 11.8 Å². The van der Waals surface area contributed by atoms with Crippen LogP contribution >= 0.6 is 0 Å². The molecule has 1 saturated carbocycles. The molecule has 1 N–H and O–H groups in total. The molecule has 2 aromatic rings. The summed E-state index contributed by atoms with van der Waals surface area (Å²) in [5.41, 5.74) is 1.42. The summed E-state index contributed by atoms with van der Waals surface area (Å²) in [7, 11) is 0. The lowest BCUT2D eigenvalue weighted by atomic mass is 9.94. The van der Waals surface area contributed by atoms with Gasteiger partial charge in [-0.25, -0.2) is 18.7 Å². The highest BCUT2D eigenvalue weighted by Crippen LogP contribution is 2.35. The molecule has 1 aliphatic carbocycles. The third-order valence-corrected chi connectivity index (χ3v) is 4.29. The number of nitrogens with zero attached hydrogens (tertiary/aromatic N) is 2. The quantitative estimate of drug-likeness (QED) is 0.679. The van der Waals surface area contributed by atoms with Crippen LogP contribution in [0.4, 0.5) is 8.78 Å². The van der Waals surface area contributed by atoms with E-state index in [2.05, 4.69) is 26.8 Å². The molecule has 2 aromatic heterocycles. The Morgan fingerprint density at radius 1 is 1.40 bits per heavy atom. The van der Waals surface area contributed by atoms with E-state index in [0.717, 1.165) is 5.56 Å². The summed E-state index contributed by atoms with van der Waals surface area (Å²) < 4.78 is 32.5. The summed E-state index contributed by atoms with van der Waals surface area (Å²) in [6.07, 6.45) is 3.84. The van der Waals surface area contributed by atoms with Crippen molar-refractivity contribution < 1.29 is 18.3 Å². The van der Waals surface area contributed by atoms with Gasteiger partial charge in [0.15, 0.2) is 0 Å². The second-order valence-corrected chi connectivity index (χ2v) is 6.14. The van der Waals surface area contributed by atoms with Crippen molar-refractivity contribution in [1.82, 2.24) is 15.0 Å². The van der Waals surface area contributed by atoms with Crippen molar-refractivity contribution in [3.05, 3.63) is 18.1 Å². The number of alkyl halides is 2. The number of H-pyrrole nitrogens is 1. The topological polar surface area (TPSA) is 67.9 Å². The molecule has 25 heavy (non-hydrogen) atoms. The number of hydrogen-bond donors (Lipinski definition) is 1. The summed E-state index contributed by atoms with van der Waals surface area (Å²) >= 11 is 0. The zero-order valence-corrected chi connectivity index (χ0v) is 13.9.